The number of rotatable bonds is 5. The summed E-state index contributed by atoms with van der Waals surface area (Å²) in [5.74, 6) is 0.678. The number of hydrogen-bond donors (Lipinski definition) is 0. The summed E-state index contributed by atoms with van der Waals surface area (Å²) in [6.07, 6.45) is 0. The molecule has 0 atom stereocenters. The van der Waals surface area contributed by atoms with Gasteiger partial charge in [-0.25, -0.2) is 9.97 Å². The molecule has 8 aromatic carbocycles. The van der Waals surface area contributed by atoms with Gasteiger partial charge in [-0.15, -0.1) is 0 Å². The minimum absolute atomic E-state index is 0.617. The summed E-state index contributed by atoms with van der Waals surface area (Å²) in [4.78, 5) is 10.0. The second-order valence-corrected chi connectivity index (χ2v) is 12.5. The molecule has 0 aliphatic rings. The highest BCUT2D eigenvalue weighted by Gasteiger charge is 2.14. The molecule has 0 spiro atoms. The van der Waals surface area contributed by atoms with Crippen LogP contribution in [0.4, 0.5) is 0 Å². The van der Waals surface area contributed by atoms with Crippen LogP contribution in [0.3, 0.4) is 0 Å². The maximum atomic E-state index is 10.2. The van der Waals surface area contributed by atoms with Crippen molar-refractivity contribution in [3.05, 3.63) is 181 Å². The Morgan fingerprint density at radius 1 is 0.320 bits per heavy atom. The summed E-state index contributed by atoms with van der Waals surface area (Å²) >= 11 is 0. The summed E-state index contributed by atoms with van der Waals surface area (Å²) in [6.45, 7) is 0. The molecule has 3 nitrogen and oxygen atoms in total. The topological polar surface area (TPSA) is 49.6 Å². The lowest BCUT2D eigenvalue weighted by Crippen LogP contribution is -1.96. The summed E-state index contributed by atoms with van der Waals surface area (Å²) < 4.78 is 0. The lowest BCUT2D eigenvalue weighted by molar-refractivity contribution is 1.18. The number of fused-ring (bicyclic) bond motifs is 6. The first-order valence-corrected chi connectivity index (χ1v) is 16.7. The smallest absolute Gasteiger partial charge is 0.160 e. The molecule has 0 amide bonds. The van der Waals surface area contributed by atoms with Gasteiger partial charge in [0.1, 0.15) is 0 Å². The summed E-state index contributed by atoms with van der Waals surface area (Å²) in [5, 5.41) is 17.5. The molecule has 0 unspecified atom stereocenters. The van der Waals surface area contributed by atoms with Crippen LogP contribution in [-0.4, -0.2) is 9.97 Å². The Bertz CT molecular complexity index is 2670. The fraction of sp³-hybridized carbons (Fsp3) is 0. The van der Waals surface area contributed by atoms with Gasteiger partial charge in [-0.3, -0.25) is 0 Å². The molecule has 0 aliphatic carbocycles. The van der Waals surface area contributed by atoms with Crippen LogP contribution in [0.25, 0.3) is 88.5 Å². The molecule has 3 heteroatoms. The van der Waals surface area contributed by atoms with Crippen LogP contribution < -0.4 is 0 Å². The van der Waals surface area contributed by atoms with Gasteiger partial charge in [-0.05, 0) is 91.0 Å². The molecule has 50 heavy (non-hydrogen) atoms. The fourth-order valence-corrected chi connectivity index (χ4v) is 7.04. The number of nitriles is 1. The van der Waals surface area contributed by atoms with E-state index >= 15 is 0 Å². The van der Waals surface area contributed by atoms with E-state index < -0.39 is 0 Å². The predicted octanol–water partition coefficient (Wildman–Crippen LogP) is 12.1. The van der Waals surface area contributed by atoms with Gasteiger partial charge >= 0.3 is 0 Å². The normalized spacial score (nSPS) is 11.2. The van der Waals surface area contributed by atoms with E-state index in [-0.39, 0.29) is 0 Å². The zero-order chi connectivity index (χ0) is 33.4. The van der Waals surface area contributed by atoms with E-state index in [1.54, 1.807) is 0 Å². The van der Waals surface area contributed by atoms with E-state index in [0.717, 1.165) is 50.3 Å². The SMILES string of the molecule is N#Cc1cc(-c2cccc(-c3cc(-c4ccccc4)nc(-c4ccccc4)n3)c2)cc(-c2ccc3c4ccccc4c4ccccc4c3c2)c1. The monoisotopic (exact) mass is 635 g/mol. The Kier molecular flexibility index (Phi) is 7.19. The van der Waals surface area contributed by atoms with Gasteiger partial charge in [0.05, 0.1) is 23.0 Å². The van der Waals surface area contributed by atoms with Crippen LogP contribution >= 0.6 is 0 Å². The van der Waals surface area contributed by atoms with E-state index in [4.69, 9.17) is 9.97 Å². The first-order chi connectivity index (χ1) is 24.7. The third-order valence-corrected chi connectivity index (χ3v) is 9.46. The van der Waals surface area contributed by atoms with E-state index in [1.165, 1.54) is 32.3 Å². The quantitative estimate of drug-likeness (QED) is 0.177. The first-order valence-electron chi connectivity index (χ1n) is 16.7. The minimum atomic E-state index is 0.617. The zero-order valence-corrected chi connectivity index (χ0v) is 27.1. The Morgan fingerprint density at radius 3 is 1.40 bits per heavy atom. The van der Waals surface area contributed by atoms with Crippen LogP contribution in [0.2, 0.25) is 0 Å². The van der Waals surface area contributed by atoms with Crippen LogP contribution in [0.5, 0.6) is 0 Å². The number of nitrogens with zero attached hydrogens (tertiary/aromatic N) is 3. The molecule has 1 heterocycles. The number of aromatic nitrogens is 2. The van der Waals surface area contributed by atoms with Crippen molar-refractivity contribution >= 4 is 32.3 Å². The largest absolute Gasteiger partial charge is 0.228 e. The van der Waals surface area contributed by atoms with Crippen molar-refractivity contribution in [1.82, 2.24) is 9.97 Å². The lowest BCUT2D eigenvalue weighted by Gasteiger charge is -2.13. The van der Waals surface area contributed by atoms with Crippen molar-refractivity contribution in [2.24, 2.45) is 0 Å². The molecular weight excluding hydrogens is 607 g/mol. The maximum absolute atomic E-state index is 10.2. The molecular formula is C47H29N3. The third kappa shape index (κ3) is 5.26. The Morgan fingerprint density at radius 2 is 0.780 bits per heavy atom. The maximum Gasteiger partial charge on any atom is 0.160 e. The van der Waals surface area contributed by atoms with Gasteiger partial charge < -0.3 is 0 Å². The van der Waals surface area contributed by atoms with Gasteiger partial charge in [0.25, 0.3) is 0 Å². The van der Waals surface area contributed by atoms with Gasteiger partial charge in [-0.1, -0.05) is 140 Å². The Hall–Kier alpha value is -6.89. The van der Waals surface area contributed by atoms with E-state index in [0.29, 0.717) is 11.4 Å². The number of hydrogen-bond acceptors (Lipinski definition) is 3. The molecule has 0 bridgehead atoms. The van der Waals surface area contributed by atoms with Crippen molar-refractivity contribution in [1.29, 1.82) is 5.26 Å². The molecule has 0 saturated heterocycles. The highest BCUT2D eigenvalue weighted by atomic mass is 14.9. The summed E-state index contributed by atoms with van der Waals surface area (Å²) in [6, 6.07) is 63.2. The molecule has 9 rings (SSSR count). The number of benzene rings is 8. The van der Waals surface area contributed by atoms with Gasteiger partial charge in [0.2, 0.25) is 0 Å². The van der Waals surface area contributed by atoms with Crippen LogP contribution in [-0.2, 0) is 0 Å². The Labute approximate surface area is 290 Å². The molecule has 1 aromatic heterocycles. The molecule has 9 aromatic rings. The van der Waals surface area contributed by atoms with Gasteiger partial charge in [0.15, 0.2) is 5.82 Å². The van der Waals surface area contributed by atoms with Crippen LogP contribution in [0.15, 0.2) is 176 Å². The van der Waals surface area contributed by atoms with Crippen molar-refractivity contribution in [3.63, 3.8) is 0 Å². The lowest BCUT2D eigenvalue weighted by atomic mass is 9.90. The first kappa shape index (κ1) is 29.3. The summed E-state index contributed by atoms with van der Waals surface area (Å²) in [7, 11) is 0. The third-order valence-electron chi connectivity index (χ3n) is 9.46. The average Bonchev–Trinajstić information content (AvgIpc) is 3.21. The van der Waals surface area contributed by atoms with Crippen molar-refractivity contribution in [3.8, 4) is 62.2 Å². The molecule has 0 N–H and O–H groups in total. The fourth-order valence-electron chi connectivity index (χ4n) is 7.04. The molecule has 0 saturated carbocycles. The minimum Gasteiger partial charge on any atom is -0.228 e. The molecule has 232 valence electrons. The van der Waals surface area contributed by atoms with Crippen LogP contribution in [0.1, 0.15) is 5.56 Å². The van der Waals surface area contributed by atoms with Crippen molar-refractivity contribution in [2.45, 2.75) is 0 Å². The molecule has 0 radical (unpaired) electrons. The van der Waals surface area contributed by atoms with E-state index in [9.17, 15) is 5.26 Å². The predicted molar refractivity (Wildman–Crippen MR) is 206 cm³/mol. The van der Waals surface area contributed by atoms with Gasteiger partial charge in [-0.2, -0.15) is 5.26 Å². The Balaban J connectivity index is 1.17. The second-order valence-electron chi connectivity index (χ2n) is 12.5. The summed E-state index contributed by atoms with van der Waals surface area (Å²) in [5.41, 5.74) is 9.36. The average molecular weight is 636 g/mol. The zero-order valence-electron chi connectivity index (χ0n) is 27.1. The standard InChI is InChI=1S/C47H29N3/c48-30-31-24-37(27-38(25-31)35-22-23-43-41-20-8-7-18-39(41)40-19-9-10-21-42(40)44(43)28-35)34-16-11-17-36(26-34)46-29-45(32-12-3-1-4-13-32)49-47(50-46)33-14-5-2-6-15-33/h1-29H. The highest BCUT2D eigenvalue weighted by Crippen LogP contribution is 2.38. The van der Waals surface area contributed by atoms with E-state index in [2.05, 4.69) is 121 Å². The van der Waals surface area contributed by atoms with Crippen molar-refractivity contribution < 1.29 is 0 Å². The second kappa shape index (κ2) is 12.3. The van der Waals surface area contributed by atoms with Crippen LogP contribution in [0, 0.1) is 11.3 Å². The van der Waals surface area contributed by atoms with E-state index in [1.807, 2.05) is 60.7 Å². The highest BCUT2D eigenvalue weighted by molar-refractivity contribution is 6.25. The van der Waals surface area contributed by atoms with Gasteiger partial charge in [0, 0.05) is 16.7 Å². The molecule has 0 fully saturated rings. The van der Waals surface area contributed by atoms with Crippen molar-refractivity contribution in [2.75, 3.05) is 0 Å². The molecule has 0 aliphatic heterocycles.